The second-order valence-corrected chi connectivity index (χ2v) is 7.97. The molecule has 0 bridgehead atoms. The molecule has 3 aromatic carbocycles. The monoisotopic (exact) mass is 411 g/mol. The van der Waals surface area contributed by atoms with Crippen molar-refractivity contribution in [1.29, 1.82) is 0 Å². The highest BCUT2D eigenvalue weighted by Gasteiger charge is 2.19. The minimum Gasteiger partial charge on any atom is -0.480 e. The average molecular weight is 412 g/mol. The number of nitrogens with zero attached hydrogens (tertiary/aromatic N) is 2. The molecule has 5 heteroatoms. The molecule has 1 aliphatic rings. The minimum atomic E-state index is -0.644. The molecule has 2 heterocycles. The zero-order valence-corrected chi connectivity index (χ0v) is 17.5. The Morgan fingerprint density at radius 3 is 2.74 bits per heavy atom. The highest BCUT2D eigenvalue weighted by molar-refractivity contribution is 5.98. The van der Waals surface area contributed by atoms with Crippen molar-refractivity contribution in [2.75, 3.05) is 5.32 Å². The van der Waals surface area contributed by atoms with Crippen molar-refractivity contribution >= 4 is 22.4 Å². The molecule has 1 N–H and O–H groups in total. The van der Waals surface area contributed by atoms with Crippen molar-refractivity contribution in [1.82, 2.24) is 9.55 Å². The van der Waals surface area contributed by atoms with E-state index in [1.54, 1.807) is 6.92 Å². The first-order valence-electron chi connectivity index (χ1n) is 10.8. The van der Waals surface area contributed by atoms with Gasteiger partial charge in [-0.1, -0.05) is 54.6 Å². The van der Waals surface area contributed by atoms with Gasteiger partial charge in [-0.15, -0.1) is 0 Å². The Morgan fingerprint density at radius 1 is 1.03 bits per heavy atom. The normalized spacial score (nSPS) is 14.1. The number of fused-ring (bicyclic) bond motifs is 2. The van der Waals surface area contributed by atoms with E-state index in [2.05, 4.69) is 16.1 Å². The van der Waals surface area contributed by atoms with E-state index in [1.165, 1.54) is 12.8 Å². The predicted octanol–water partition coefficient (Wildman–Crippen LogP) is 5.45. The van der Waals surface area contributed by atoms with Gasteiger partial charge in [0.2, 0.25) is 0 Å². The summed E-state index contributed by atoms with van der Waals surface area (Å²) in [6.07, 6.45) is 4.82. The lowest BCUT2D eigenvalue weighted by atomic mass is 10.1. The van der Waals surface area contributed by atoms with E-state index >= 15 is 0 Å². The smallest absolute Gasteiger partial charge is 0.265 e. The highest BCUT2D eigenvalue weighted by atomic mass is 16.5. The van der Waals surface area contributed by atoms with Crippen molar-refractivity contribution < 1.29 is 9.53 Å². The van der Waals surface area contributed by atoms with Crippen LogP contribution in [0.4, 0.5) is 5.69 Å². The molecule has 0 radical (unpaired) electrons. The first-order chi connectivity index (χ1) is 15.2. The van der Waals surface area contributed by atoms with E-state index in [4.69, 9.17) is 9.72 Å². The molecule has 5 nitrogen and oxygen atoms in total. The zero-order valence-electron chi connectivity index (χ0n) is 17.5. The molecule has 0 aliphatic carbocycles. The lowest BCUT2D eigenvalue weighted by Gasteiger charge is -2.17. The van der Waals surface area contributed by atoms with Crippen molar-refractivity contribution in [3.05, 3.63) is 78.8 Å². The topological polar surface area (TPSA) is 56.1 Å². The summed E-state index contributed by atoms with van der Waals surface area (Å²) in [6, 6.07) is 21.7. The Balaban J connectivity index is 1.36. The SMILES string of the molecule is CC(Oc1cccc2ccccc12)C(=O)Nc1ccccc1-c1cn2c(n1)CCCC2. The van der Waals surface area contributed by atoms with Crippen molar-refractivity contribution in [3.63, 3.8) is 0 Å². The quantitative estimate of drug-likeness (QED) is 0.475. The second kappa shape index (κ2) is 8.26. The molecule has 156 valence electrons. The summed E-state index contributed by atoms with van der Waals surface area (Å²) in [7, 11) is 0. The fourth-order valence-electron chi connectivity index (χ4n) is 4.13. The summed E-state index contributed by atoms with van der Waals surface area (Å²) in [6.45, 7) is 2.78. The van der Waals surface area contributed by atoms with Crippen LogP contribution in [-0.2, 0) is 17.8 Å². The molecule has 1 unspecified atom stereocenters. The third kappa shape index (κ3) is 3.91. The van der Waals surface area contributed by atoms with Crippen molar-refractivity contribution in [2.45, 2.75) is 38.8 Å². The van der Waals surface area contributed by atoms with E-state index in [9.17, 15) is 4.79 Å². The van der Waals surface area contributed by atoms with E-state index in [0.29, 0.717) is 5.75 Å². The number of hydrogen-bond donors (Lipinski definition) is 1. The number of carbonyl (C=O) groups is 1. The van der Waals surface area contributed by atoms with E-state index in [-0.39, 0.29) is 5.91 Å². The number of benzene rings is 3. The van der Waals surface area contributed by atoms with Crippen LogP contribution >= 0.6 is 0 Å². The van der Waals surface area contributed by atoms with Crippen LogP contribution in [0, 0.1) is 0 Å². The number of para-hydroxylation sites is 1. The van der Waals surface area contributed by atoms with Crippen LogP contribution in [-0.4, -0.2) is 21.6 Å². The summed E-state index contributed by atoms with van der Waals surface area (Å²) in [5.74, 6) is 1.63. The molecule has 31 heavy (non-hydrogen) atoms. The Kier molecular flexibility index (Phi) is 5.16. The first-order valence-corrected chi connectivity index (χ1v) is 10.8. The fourth-order valence-corrected chi connectivity index (χ4v) is 4.13. The van der Waals surface area contributed by atoms with Gasteiger partial charge in [0.05, 0.1) is 11.4 Å². The maximum atomic E-state index is 13.0. The third-order valence-electron chi connectivity index (χ3n) is 5.79. The highest BCUT2D eigenvalue weighted by Crippen LogP contribution is 2.30. The number of imidazole rings is 1. The molecule has 1 atom stereocenters. The number of carbonyl (C=O) groups excluding carboxylic acids is 1. The van der Waals surface area contributed by atoms with Crippen LogP contribution < -0.4 is 10.1 Å². The lowest BCUT2D eigenvalue weighted by Crippen LogP contribution is -2.30. The van der Waals surface area contributed by atoms with Crippen LogP contribution in [0.15, 0.2) is 72.9 Å². The number of aromatic nitrogens is 2. The molecule has 0 fully saturated rings. The van der Waals surface area contributed by atoms with Crippen LogP contribution in [0.5, 0.6) is 5.75 Å². The number of nitrogens with one attached hydrogen (secondary N) is 1. The van der Waals surface area contributed by atoms with Crippen molar-refractivity contribution in [3.8, 4) is 17.0 Å². The maximum absolute atomic E-state index is 13.0. The van der Waals surface area contributed by atoms with Crippen molar-refractivity contribution in [2.24, 2.45) is 0 Å². The van der Waals surface area contributed by atoms with E-state index in [1.807, 2.05) is 66.7 Å². The summed E-state index contributed by atoms with van der Waals surface area (Å²) in [5, 5.41) is 5.12. The molecule has 0 saturated heterocycles. The zero-order chi connectivity index (χ0) is 21.2. The number of rotatable bonds is 5. The number of anilines is 1. The number of hydrogen-bond acceptors (Lipinski definition) is 3. The molecule has 1 aromatic heterocycles. The van der Waals surface area contributed by atoms with Crippen LogP contribution in [0.25, 0.3) is 22.0 Å². The van der Waals surface area contributed by atoms with Crippen LogP contribution in [0.3, 0.4) is 0 Å². The number of aryl methyl sites for hydroxylation is 2. The Morgan fingerprint density at radius 2 is 1.84 bits per heavy atom. The van der Waals surface area contributed by atoms with Gasteiger partial charge in [-0.2, -0.15) is 0 Å². The molecule has 1 amide bonds. The Hall–Kier alpha value is -3.60. The Bertz CT molecular complexity index is 1220. The van der Waals surface area contributed by atoms with E-state index in [0.717, 1.165) is 46.5 Å². The maximum Gasteiger partial charge on any atom is 0.265 e. The molecule has 0 saturated carbocycles. The van der Waals surface area contributed by atoms with Crippen LogP contribution in [0.2, 0.25) is 0 Å². The van der Waals surface area contributed by atoms with Gasteiger partial charge >= 0.3 is 0 Å². The molecule has 1 aliphatic heterocycles. The molecular formula is C26H25N3O2. The minimum absolute atomic E-state index is 0.190. The molecule has 4 aromatic rings. The van der Waals surface area contributed by atoms with Gasteiger partial charge in [-0.3, -0.25) is 4.79 Å². The van der Waals surface area contributed by atoms with Gasteiger partial charge in [-0.25, -0.2) is 4.98 Å². The average Bonchev–Trinajstić information content (AvgIpc) is 3.24. The summed E-state index contributed by atoms with van der Waals surface area (Å²) in [4.78, 5) is 17.8. The largest absolute Gasteiger partial charge is 0.480 e. The number of amides is 1. The summed E-state index contributed by atoms with van der Waals surface area (Å²) in [5.41, 5.74) is 2.57. The van der Waals surface area contributed by atoms with Gasteiger partial charge in [0, 0.05) is 30.1 Å². The first kappa shape index (κ1) is 19.4. The molecule has 5 rings (SSSR count). The molecule has 0 spiro atoms. The predicted molar refractivity (Wildman–Crippen MR) is 123 cm³/mol. The Labute approximate surface area is 181 Å². The number of ether oxygens (including phenoxy) is 1. The third-order valence-corrected chi connectivity index (χ3v) is 5.79. The second-order valence-electron chi connectivity index (χ2n) is 7.97. The fraction of sp³-hybridized carbons (Fsp3) is 0.231. The van der Waals surface area contributed by atoms with Gasteiger partial charge in [0.15, 0.2) is 6.10 Å². The standard InChI is InChI=1S/C26H25N3O2/c1-18(31-24-14-8-10-19-9-2-3-11-20(19)24)26(30)28-22-13-5-4-12-21(22)23-17-29-16-7-6-15-25(29)27-23/h2-5,8-14,17-18H,6-7,15-16H2,1H3,(H,28,30). The van der Waals surface area contributed by atoms with E-state index < -0.39 is 6.10 Å². The lowest BCUT2D eigenvalue weighted by molar-refractivity contribution is -0.122. The van der Waals surface area contributed by atoms with Gasteiger partial charge in [-0.05, 0) is 37.3 Å². The van der Waals surface area contributed by atoms with Gasteiger partial charge in [0.25, 0.3) is 5.91 Å². The summed E-state index contributed by atoms with van der Waals surface area (Å²) < 4.78 is 8.27. The molecular weight excluding hydrogens is 386 g/mol. The van der Waals surface area contributed by atoms with Gasteiger partial charge < -0.3 is 14.6 Å². The summed E-state index contributed by atoms with van der Waals surface area (Å²) >= 11 is 0. The van der Waals surface area contributed by atoms with Crippen LogP contribution in [0.1, 0.15) is 25.6 Å². The van der Waals surface area contributed by atoms with Gasteiger partial charge in [0.1, 0.15) is 11.6 Å².